The molecule has 0 spiro atoms. The molecule has 0 aliphatic heterocycles. The van der Waals surface area contributed by atoms with Gasteiger partial charge in [-0.15, -0.1) is 0 Å². The van der Waals surface area contributed by atoms with Gasteiger partial charge in [-0.1, -0.05) is 12.2 Å². The van der Waals surface area contributed by atoms with E-state index < -0.39 is 0 Å². The van der Waals surface area contributed by atoms with Crippen LogP contribution in [0, 0.1) is 0 Å². The van der Waals surface area contributed by atoms with Crippen LogP contribution in [-0.2, 0) is 9.47 Å². The first-order chi connectivity index (χ1) is 6.33. The number of rotatable bonds is 7. The highest BCUT2D eigenvalue weighted by Gasteiger charge is 2.18. The molecule has 0 heterocycles. The Morgan fingerprint density at radius 1 is 1.36 bits per heavy atom. The molecule has 84 valence electrons. The first kappa shape index (κ1) is 13.7. The summed E-state index contributed by atoms with van der Waals surface area (Å²) >= 11 is 0. The Kier molecular flexibility index (Phi) is 6.05. The maximum absolute atomic E-state index is 5.69. The first-order valence-corrected chi connectivity index (χ1v) is 5.23. The molecule has 0 amide bonds. The lowest BCUT2D eigenvalue weighted by Gasteiger charge is -2.25. The van der Waals surface area contributed by atoms with Gasteiger partial charge in [0.15, 0.2) is 0 Å². The molecule has 14 heavy (non-hydrogen) atoms. The molecule has 2 nitrogen and oxygen atoms in total. The topological polar surface area (TPSA) is 18.5 Å². The molecule has 0 aromatic rings. The number of ether oxygens (including phenoxy) is 2. The lowest BCUT2D eigenvalue weighted by molar-refractivity contribution is -0.0378. The predicted molar refractivity (Wildman–Crippen MR) is 60.6 cm³/mol. The Morgan fingerprint density at radius 3 is 2.36 bits per heavy atom. The number of hydrogen-bond donors (Lipinski definition) is 0. The highest BCUT2D eigenvalue weighted by molar-refractivity contribution is 4.88. The van der Waals surface area contributed by atoms with Crippen LogP contribution in [0.1, 0.15) is 41.0 Å². The summed E-state index contributed by atoms with van der Waals surface area (Å²) in [5.41, 5.74) is 0.941. The average molecular weight is 200 g/mol. The molecule has 0 saturated carbocycles. The Balaban J connectivity index is 3.66. The fraction of sp³-hybridized carbons (Fsp3) is 0.833. The van der Waals surface area contributed by atoms with Crippen molar-refractivity contribution in [2.75, 3.05) is 13.2 Å². The zero-order valence-corrected chi connectivity index (χ0v) is 10.2. The highest BCUT2D eigenvalue weighted by atomic mass is 16.5. The van der Waals surface area contributed by atoms with Crippen molar-refractivity contribution < 1.29 is 9.47 Å². The maximum Gasteiger partial charge on any atom is 0.0678 e. The van der Waals surface area contributed by atoms with E-state index in [4.69, 9.17) is 9.47 Å². The smallest absolute Gasteiger partial charge is 0.0678 e. The summed E-state index contributed by atoms with van der Waals surface area (Å²) in [6.45, 7) is 15.4. The van der Waals surface area contributed by atoms with Gasteiger partial charge in [-0.05, 0) is 41.0 Å². The van der Waals surface area contributed by atoms with Gasteiger partial charge in [0.25, 0.3) is 0 Å². The van der Waals surface area contributed by atoms with Gasteiger partial charge in [0.05, 0.1) is 18.3 Å². The van der Waals surface area contributed by atoms with Crippen LogP contribution in [0.5, 0.6) is 0 Å². The molecule has 0 bridgehead atoms. The molecule has 0 aromatic heterocycles. The molecule has 0 radical (unpaired) electrons. The standard InChI is InChI=1S/C12H24O2/c1-10(2)9-14-12(5,6)7-8-13-11(3)4/h11H,1,7-9H2,2-6H3. The molecule has 2 heteroatoms. The van der Waals surface area contributed by atoms with Crippen molar-refractivity contribution in [1.82, 2.24) is 0 Å². The monoisotopic (exact) mass is 200 g/mol. The quantitative estimate of drug-likeness (QED) is 0.588. The van der Waals surface area contributed by atoms with Crippen LogP contribution in [0.3, 0.4) is 0 Å². The minimum atomic E-state index is -0.117. The summed E-state index contributed by atoms with van der Waals surface area (Å²) < 4.78 is 11.2. The van der Waals surface area contributed by atoms with Gasteiger partial charge < -0.3 is 9.47 Å². The average Bonchev–Trinajstić information content (AvgIpc) is 2.00. The molecule has 0 fully saturated rings. The summed E-state index contributed by atoms with van der Waals surface area (Å²) in [5.74, 6) is 0. The van der Waals surface area contributed by atoms with E-state index in [1.807, 2.05) is 20.8 Å². The molecule has 0 aliphatic rings. The van der Waals surface area contributed by atoms with Crippen molar-refractivity contribution in [1.29, 1.82) is 0 Å². The summed E-state index contributed by atoms with van der Waals surface area (Å²) in [4.78, 5) is 0. The summed E-state index contributed by atoms with van der Waals surface area (Å²) in [7, 11) is 0. The van der Waals surface area contributed by atoms with Gasteiger partial charge >= 0.3 is 0 Å². The van der Waals surface area contributed by atoms with Crippen molar-refractivity contribution in [2.45, 2.75) is 52.7 Å². The van der Waals surface area contributed by atoms with Gasteiger partial charge in [0, 0.05) is 6.61 Å². The second-order valence-corrected chi connectivity index (χ2v) is 4.68. The minimum absolute atomic E-state index is 0.117. The zero-order valence-electron chi connectivity index (χ0n) is 10.2. The van der Waals surface area contributed by atoms with Crippen molar-refractivity contribution in [3.63, 3.8) is 0 Å². The third-order valence-corrected chi connectivity index (χ3v) is 1.86. The predicted octanol–water partition coefficient (Wildman–Crippen LogP) is 3.17. The van der Waals surface area contributed by atoms with Crippen molar-refractivity contribution in [3.8, 4) is 0 Å². The fourth-order valence-electron chi connectivity index (χ4n) is 0.931. The Morgan fingerprint density at radius 2 is 1.93 bits per heavy atom. The van der Waals surface area contributed by atoms with E-state index in [0.717, 1.165) is 18.6 Å². The summed E-state index contributed by atoms with van der Waals surface area (Å²) in [5, 5.41) is 0. The van der Waals surface area contributed by atoms with Crippen LogP contribution >= 0.6 is 0 Å². The van der Waals surface area contributed by atoms with Crippen molar-refractivity contribution >= 4 is 0 Å². The normalized spacial score (nSPS) is 12.1. The maximum atomic E-state index is 5.69. The molecular formula is C12H24O2. The number of hydrogen-bond acceptors (Lipinski definition) is 2. The molecule has 0 aliphatic carbocycles. The van der Waals surface area contributed by atoms with Crippen LogP contribution in [0.15, 0.2) is 12.2 Å². The van der Waals surface area contributed by atoms with Gasteiger partial charge in [-0.3, -0.25) is 0 Å². The Labute approximate surface area is 88.3 Å². The molecule has 0 saturated heterocycles. The highest BCUT2D eigenvalue weighted by Crippen LogP contribution is 2.15. The van der Waals surface area contributed by atoms with Gasteiger partial charge in [-0.25, -0.2) is 0 Å². The van der Waals surface area contributed by atoms with Crippen LogP contribution in [0.25, 0.3) is 0 Å². The van der Waals surface area contributed by atoms with E-state index in [1.165, 1.54) is 0 Å². The van der Waals surface area contributed by atoms with E-state index in [9.17, 15) is 0 Å². The third-order valence-electron chi connectivity index (χ3n) is 1.86. The van der Waals surface area contributed by atoms with E-state index in [-0.39, 0.29) is 5.60 Å². The third kappa shape index (κ3) is 8.27. The van der Waals surface area contributed by atoms with Crippen molar-refractivity contribution in [2.24, 2.45) is 0 Å². The van der Waals surface area contributed by atoms with Gasteiger partial charge in [-0.2, -0.15) is 0 Å². The zero-order chi connectivity index (χ0) is 11.2. The summed E-state index contributed by atoms with van der Waals surface area (Å²) in [6, 6.07) is 0. The van der Waals surface area contributed by atoms with Gasteiger partial charge in [0.2, 0.25) is 0 Å². The molecular weight excluding hydrogens is 176 g/mol. The van der Waals surface area contributed by atoms with Crippen LogP contribution < -0.4 is 0 Å². The second kappa shape index (κ2) is 6.20. The second-order valence-electron chi connectivity index (χ2n) is 4.68. The van der Waals surface area contributed by atoms with Crippen LogP contribution in [0.2, 0.25) is 0 Å². The molecule has 0 aromatic carbocycles. The Bertz CT molecular complexity index is 171. The molecule has 0 atom stereocenters. The van der Waals surface area contributed by atoms with Crippen LogP contribution in [-0.4, -0.2) is 24.9 Å². The minimum Gasteiger partial charge on any atom is -0.379 e. The van der Waals surface area contributed by atoms with E-state index in [1.54, 1.807) is 0 Å². The lowest BCUT2D eigenvalue weighted by atomic mass is 10.1. The fourth-order valence-corrected chi connectivity index (χ4v) is 0.931. The van der Waals surface area contributed by atoms with E-state index >= 15 is 0 Å². The largest absolute Gasteiger partial charge is 0.379 e. The van der Waals surface area contributed by atoms with E-state index in [0.29, 0.717) is 12.7 Å². The van der Waals surface area contributed by atoms with Gasteiger partial charge in [0.1, 0.15) is 0 Å². The van der Waals surface area contributed by atoms with Crippen molar-refractivity contribution in [3.05, 3.63) is 12.2 Å². The van der Waals surface area contributed by atoms with Crippen LogP contribution in [0.4, 0.5) is 0 Å². The summed E-state index contributed by atoms with van der Waals surface area (Å²) in [6.07, 6.45) is 1.21. The Hall–Kier alpha value is -0.340. The van der Waals surface area contributed by atoms with E-state index in [2.05, 4.69) is 20.4 Å². The lowest BCUT2D eigenvalue weighted by Crippen LogP contribution is -2.27. The molecule has 0 unspecified atom stereocenters. The molecule has 0 N–H and O–H groups in total. The first-order valence-electron chi connectivity index (χ1n) is 5.23. The SMILES string of the molecule is C=C(C)COC(C)(C)CCOC(C)C. The molecule has 0 rings (SSSR count).